The van der Waals surface area contributed by atoms with Gasteiger partial charge in [-0.25, -0.2) is 9.67 Å². The molecular formula is C23H17N3O2S. The van der Waals surface area contributed by atoms with Gasteiger partial charge in [0.15, 0.2) is 5.76 Å². The van der Waals surface area contributed by atoms with E-state index in [9.17, 15) is 0 Å². The number of hydrogen-bond acceptors (Lipinski definition) is 5. The van der Waals surface area contributed by atoms with Crippen LogP contribution < -0.4 is 4.80 Å². The number of hydrogen-bond donors (Lipinski definition) is 0. The molecule has 0 aliphatic carbocycles. The first kappa shape index (κ1) is 17.5. The quantitative estimate of drug-likeness (QED) is 0.349. The lowest BCUT2D eigenvalue weighted by atomic mass is 10.2. The zero-order valence-electron chi connectivity index (χ0n) is 15.6. The zero-order valence-corrected chi connectivity index (χ0v) is 16.5. The van der Waals surface area contributed by atoms with Gasteiger partial charge in [0.2, 0.25) is 4.80 Å². The first-order valence-electron chi connectivity index (χ1n) is 9.15. The van der Waals surface area contributed by atoms with E-state index < -0.39 is 0 Å². The van der Waals surface area contributed by atoms with Crippen LogP contribution in [-0.2, 0) is 0 Å². The van der Waals surface area contributed by atoms with Crippen LogP contribution in [0.2, 0.25) is 0 Å². The van der Waals surface area contributed by atoms with Gasteiger partial charge in [-0.1, -0.05) is 35.9 Å². The van der Waals surface area contributed by atoms with Crippen molar-refractivity contribution in [3.05, 3.63) is 94.5 Å². The van der Waals surface area contributed by atoms with Gasteiger partial charge in [-0.3, -0.25) is 0 Å². The molecule has 3 heterocycles. The molecule has 3 aromatic heterocycles. The summed E-state index contributed by atoms with van der Waals surface area (Å²) >= 11 is 1.51. The standard InChI is InChI=1S/C23H17N3O2S/c1-16-8-10-18(11-9-16)25-23-26(24-14-19-6-4-12-27-19)20(15-29-23)22-13-17-5-2-3-7-21(17)28-22/h2-15H,1H3. The fourth-order valence-electron chi connectivity index (χ4n) is 2.98. The summed E-state index contributed by atoms with van der Waals surface area (Å²) in [6.07, 6.45) is 3.30. The van der Waals surface area contributed by atoms with Gasteiger partial charge in [-0.2, -0.15) is 5.10 Å². The summed E-state index contributed by atoms with van der Waals surface area (Å²) in [5.74, 6) is 1.41. The number of aryl methyl sites for hydroxylation is 1. The number of thiazole rings is 1. The number of benzene rings is 2. The molecule has 0 saturated heterocycles. The average molecular weight is 399 g/mol. The maximum absolute atomic E-state index is 6.06. The van der Waals surface area contributed by atoms with Crippen LogP contribution in [0.1, 0.15) is 11.3 Å². The Balaban J connectivity index is 1.66. The molecule has 142 valence electrons. The minimum absolute atomic E-state index is 0.667. The predicted molar refractivity (Wildman–Crippen MR) is 116 cm³/mol. The van der Waals surface area contributed by atoms with E-state index in [0.29, 0.717) is 5.76 Å². The lowest BCUT2D eigenvalue weighted by Crippen LogP contribution is -2.11. The fraction of sp³-hybridized carbons (Fsp3) is 0.0435. The SMILES string of the molecule is Cc1ccc(N=c2scc(-c3cc4ccccc4o3)n2N=Cc2ccco2)cc1. The van der Waals surface area contributed by atoms with Gasteiger partial charge in [-0.15, -0.1) is 11.3 Å². The first-order valence-corrected chi connectivity index (χ1v) is 10.0. The van der Waals surface area contributed by atoms with E-state index in [1.54, 1.807) is 17.2 Å². The molecule has 0 N–H and O–H groups in total. The smallest absolute Gasteiger partial charge is 0.211 e. The molecule has 0 bridgehead atoms. The summed E-state index contributed by atoms with van der Waals surface area (Å²) in [6, 6.07) is 21.7. The second kappa shape index (κ2) is 7.41. The van der Waals surface area contributed by atoms with E-state index >= 15 is 0 Å². The van der Waals surface area contributed by atoms with Crippen LogP contribution in [0.25, 0.3) is 22.4 Å². The second-order valence-corrected chi connectivity index (χ2v) is 7.41. The van der Waals surface area contributed by atoms with Crippen LogP contribution in [0, 0.1) is 6.92 Å². The lowest BCUT2D eigenvalue weighted by Gasteiger charge is -2.00. The van der Waals surface area contributed by atoms with Crippen molar-refractivity contribution >= 4 is 34.2 Å². The molecule has 5 aromatic rings. The van der Waals surface area contributed by atoms with E-state index in [-0.39, 0.29) is 0 Å². The zero-order chi connectivity index (χ0) is 19.6. The normalized spacial score (nSPS) is 12.4. The Morgan fingerprint density at radius 3 is 2.66 bits per heavy atom. The van der Waals surface area contributed by atoms with Crippen molar-refractivity contribution < 1.29 is 8.83 Å². The highest BCUT2D eigenvalue weighted by molar-refractivity contribution is 7.07. The molecule has 0 spiro atoms. The molecule has 5 nitrogen and oxygen atoms in total. The number of rotatable bonds is 4. The number of furan rings is 2. The number of para-hydroxylation sites is 1. The third kappa shape index (κ3) is 3.58. The van der Waals surface area contributed by atoms with Gasteiger partial charge in [-0.05, 0) is 43.3 Å². The van der Waals surface area contributed by atoms with Crippen LogP contribution in [0.15, 0.2) is 97.3 Å². The summed E-state index contributed by atoms with van der Waals surface area (Å²) in [5.41, 5.74) is 3.74. The van der Waals surface area contributed by atoms with Crippen molar-refractivity contribution in [1.82, 2.24) is 4.68 Å². The molecule has 0 saturated carbocycles. The first-order chi connectivity index (χ1) is 14.3. The van der Waals surface area contributed by atoms with Crippen LogP contribution in [0.5, 0.6) is 0 Å². The molecule has 0 unspecified atom stereocenters. The highest BCUT2D eigenvalue weighted by Crippen LogP contribution is 2.28. The van der Waals surface area contributed by atoms with Gasteiger partial charge < -0.3 is 8.83 Å². The summed E-state index contributed by atoms with van der Waals surface area (Å²) in [7, 11) is 0. The highest BCUT2D eigenvalue weighted by Gasteiger charge is 2.13. The van der Waals surface area contributed by atoms with E-state index in [1.165, 1.54) is 16.9 Å². The Morgan fingerprint density at radius 2 is 1.86 bits per heavy atom. The average Bonchev–Trinajstić information content (AvgIpc) is 3.47. The molecule has 0 aliphatic heterocycles. The minimum atomic E-state index is 0.667. The number of fused-ring (bicyclic) bond motifs is 1. The molecule has 0 amide bonds. The summed E-state index contributed by atoms with van der Waals surface area (Å²) < 4.78 is 13.2. The fourth-order valence-corrected chi connectivity index (χ4v) is 3.81. The van der Waals surface area contributed by atoms with Gasteiger partial charge >= 0.3 is 0 Å². The third-order valence-electron chi connectivity index (χ3n) is 4.47. The van der Waals surface area contributed by atoms with Crippen LogP contribution in [-0.4, -0.2) is 10.9 Å². The van der Waals surface area contributed by atoms with Gasteiger partial charge in [0, 0.05) is 10.8 Å². The van der Waals surface area contributed by atoms with E-state index in [2.05, 4.69) is 12.0 Å². The van der Waals surface area contributed by atoms with E-state index in [0.717, 1.165) is 32.9 Å². The summed E-state index contributed by atoms with van der Waals surface area (Å²) in [4.78, 5) is 5.52. The van der Waals surface area contributed by atoms with Crippen molar-refractivity contribution in [3.63, 3.8) is 0 Å². The molecule has 2 aromatic carbocycles. The summed E-state index contributed by atoms with van der Waals surface area (Å²) in [6.45, 7) is 2.06. The van der Waals surface area contributed by atoms with Gasteiger partial charge in [0.1, 0.15) is 17.0 Å². The highest BCUT2D eigenvalue weighted by atomic mass is 32.1. The Morgan fingerprint density at radius 1 is 1.00 bits per heavy atom. The Bertz CT molecular complexity index is 1320. The topological polar surface area (TPSA) is 55.9 Å². The predicted octanol–water partition coefficient (Wildman–Crippen LogP) is 5.98. The molecule has 0 radical (unpaired) electrons. The minimum Gasteiger partial charge on any atom is -0.463 e. The second-order valence-electron chi connectivity index (χ2n) is 6.57. The molecule has 0 aliphatic rings. The maximum Gasteiger partial charge on any atom is 0.211 e. The van der Waals surface area contributed by atoms with E-state index in [4.69, 9.17) is 13.8 Å². The van der Waals surface area contributed by atoms with Crippen LogP contribution >= 0.6 is 11.3 Å². The Labute approximate surface area is 170 Å². The monoisotopic (exact) mass is 399 g/mol. The van der Waals surface area contributed by atoms with Crippen molar-refractivity contribution in [2.75, 3.05) is 0 Å². The number of nitrogens with zero attached hydrogens (tertiary/aromatic N) is 3. The lowest BCUT2D eigenvalue weighted by molar-refractivity contribution is 0.559. The van der Waals surface area contributed by atoms with Crippen molar-refractivity contribution in [1.29, 1.82) is 0 Å². The molecule has 29 heavy (non-hydrogen) atoms. The van der Waals surface area contributed by atoms with Crippen LogP contribution in [0.3, 0.4) is 0 Å². The largest absolute Gasteiger partial charge is 0.463 e. The van der Waals surface area contributed by atoms with Crippen molar-refractivity contribution in [2.24, 2.45) is 10.1 Å². The van der Waals surface area contributed by atoms with Gasteiger partial charge in [0.05, 0.1) is 18.2 Å². The summed E-state index contributed by atoms with van der Waals surface area (Å²) in [5, 5.41) is 7.68. The number of aromatic nitrogens is 1. The molecule has 0 atom stereocenters. The Hall–Kier alpha value is -3.64. The van der Waals surface area contributed by atoms with E-state index in [1.807, 2.05) is 72.1 Å². The van der Waals surface area contributed by atoms with Crippen molar-refractivity contribution in [3.8, 4) is 11.5 Å². The third-order valence-corrected chi connectivity index (χ3v) is 5.28. The Kier molecular flexibility index (Phi) is 4.46. The van der Waals surface area contributed by atoms with Crippen LogP contribution in [0.4, 0.5) is 5.69 Å². The molecule has 0 fully saturated rings. The molecular weight excluding hydrogens is 382 g/mol. The molecule has 5 rings (SSSR count). The molecule has 6 heteroatoms. The maximum atomic E-state index is 6.06. The van der Waals surface area contributed by atoms with Crippen molar-refractivity contribution in [2.45, 2.75) is 6.92 Å². The van der Waals surface area contributed by atoms with Gasteiger partial charge in [0.25, 0.3) is 0 Å².